The van der Waals surface area contributed by atoms with Crippen molar-refractivity contribution in [3.63, 3.8) is 0 Å². The lowest BCUT2D eigenvalue weighted by atomic mass is 10.2. The van der Waals surface area contributed by atoms with Crippen LogP contribution in [0.3, 0.4) is 0 Å². The molecule has 0 saturated heterocycles. The van der Waals surface area contributed by atoms with E-state index in [0.29, 0.717) is 0 Å². The quantitative estimate of drug-likeness (QED) is 0.345. The molecule has 32 heavy (non-hydrogen) atoms. The molecule has 0 aliphatic rings. The fraction of sp³-hybridized carbons (Fsp3) is 0.111. The van der Waals surface area contributed by atoms with Gasteiger partial charge in [-0.2, -0.15) is 5.10 Å². The number of rotatable bonds is 4. The lowest BCUT2D eigenvalue weighted by molar-refractivity contribution is 0.0933. The molecule has 0 aliphatic carbocycles. The highest BCUT2D eigenvalue weighted by Crippen LogP contribution is 2.25. The molecule has 164 valence electrons. The summed E-state index contributed by atoms with van der Waals surface area (Å²) in [6, 6.07) is 2.93. The number of anilines is 2. The van der Waals surface area contributed by atoms with Crippen LogP contribution in [0.4, 0.5) is 16.0 Å². The van der Waals surface area contributed by atoms with Crippen molar-refractivity contribution >= 4 is 51.6 Å². The van der Waals surface area contributed by atoms with Crippen LogP contribution in [0, 0.1) is 5.82 Å². The molecule has 0 spiro atoms. The first-order chi connectivity index (χ1) is 15.2. The smallest absolute Gasteiger partial charge is 0.274 e. The third kappa shape index (κ3) is 3.59. The van der Waals surface area contributed by atoms with Crippen LogP contribution in [0.1, 0.15) is 29.3 Å². The number of benzene rings is 1. The van der Waals surface area contributed by atoms with E-state index >= 15 is 0 Å². The summed E-state index contributed by atoms with van der Waals surface area (Å²) in [5, 5.41) is 8.77. The van der Waals surface area contributed by atoms with E-state index in [1.807, 2.05) is 0 Å². The summed E-state index contributed by atoms with van der Waals surface area (Å²) >= 11 is 12.0. The molecule has 4 aromatic rings. The molecule has 0 saturated carbocycles. The highest BCUT2D eigenvalue weighted by Gasteiger charge is 2.25. The topological polar surface area (TPSA) is 170 Å². The first-order valence-corrected chi connectivity index (χ1v) is 9.74. The van der Waals surface area contributed by atoms with E-state index in [9.17, 15) is 14.0 Å². The van der Waals surface area contributed by atoms with Gasteiger partial charge in [-0.3, -0.25) is 14.7 Å². The zero-order valence-corrected chi connectivity index (χ0v) is 17.7. The molecule has 14 heteroatoms. The number of aromatic amines is 1. The van der Waals surface area contributed by atoms with E-state index in [-0.39, 0.29) is 50.1 Å². The molecule has 11 nitrogen and oxygen atoms in total. The van der Waals surface area contributed by atoms with Crippen LogP contribution in [0.5, 0.6) is 0 Å². The second kappa shape index (κ2) is 8.05. The maximum Gasteiger partial charge on any atom is 0.274 e. The molecule has 3 heterocycles. The van der Waals surface area contributed by atoms with Gasteiger partial charge in [-0.25, -0.2) is 23.9 Å². The molecule has 1 aromatic carbocycles. The minimum Gasteiger partial charge on any atom is -0.382 e. The van der Waals surface area contributed by atoms with Gasteiger partial charge < -0.3 is 16.8 Å². The number of H-pyrrole nitrogens is 1. The van der Waals surface area contributed by atoms with Gasteiger partial charge in [-0.15, -0.1) is 0 Å². The first-order valence-electron chi connectivity index (χ1n) is 8.98. The fourth-order valence-corrected chi connectivity index (χ4v) is 3.43. The number of nitrogens with zero attached hydrogens (tertiary/aromatic N) is 5. The van der Waals surface area contributed by atoms with Crippen LogP contribution in [-0.2, 0) is 0 Å². The summed E-state index contributed by atoms with van der Waals surface area (Å²) in [5.41, 5.74) is 10.1. The van der Waals surface area contributed by atoms with Crippen molar-refractivity contribution in [2.24, 2.45) is 0 Å². The Kier molecular flexibility index (Phi) is 5.40. The van der Waals surface area contributed by atoms with Crippen molar-refractivity contribution in [1.82, 2.24) is 35.0 Å². The van der Waals surface area contributed by atoms with Gasteiger partial charge in [0.15, 0.2) is 22.5 Å². The number of nitrogen functional groups attached to an aromatic ring is 2. The van der Waals surface area contributed by atoms with E-state index in [1.165, 1.54) is 25.3 Å². The van der Waals surface area contributed by atoms with Crippen molar-refractivity contribution < 1.29 is 9.18 Å². The Morgan fingerprint density at radius 1 is 1.19 bits per heavy atom. The molecule has 1 amide bonds. The summed E-state index contributed by atoms with van der Waals surface area (Å²) in [4.78, 5) is 37.9. The normalized spacial score (nSPS) is 12.1. The minimum absolute atomic E-state index is 0.00524. The van der Waals surface area contributed by atoms with Crippen LogP contribution >= 0.6 is 23.2 Å². The van der Waals surface area contributed by atoms with E-state index in [1.54, 1.807) is 0 Å². The van der Waals surface area contributed by atoms with Gasteiger partial charge in [0, 0.05) is 6.07 Å². The monoisotopic (exact) mass is 477 g/mol. The van der Waals surface area contributed by atoms with Gasteiger partial charge in [-0.05, 0) is 19.1 Å². The van der Waals surface area contributed by atoms with Crippen LogP contribution in [0.25, 0.3) is 16.7 Å². The van der Waals surface area contributed by atoms with Gasteiger partial charge in [-0.1, -0.05) is 23.2 Å². The van der Waals surface area contributed by atoms with Crippen LogP contribution in [0.15, 0.2) is 29.2 Å². The number of amides is 1. The van der Waals surface area contributed by atoms with Gasteiger partial charge in [0.05, 0.1) is 22.6 Å². The molecular weight excluding hydrogens is 464 g/mol. The highest BCUT2D eigenvalue weighted by atomic mass is 35.5. The number of halogens is 3. The summed E-state index contributed by atoms with van der Waals surface area (Å²) < 4.78 is 15.6. The van der Waals surface area contributed by atoms with Crippen molar-refractivity contribution in [2.75, 3.05) is 11.5 Å². The summed E-state index contributed by atoms with van der Waals surface area (Å²) in [6.07, 6.45) is 1.42. The first kappa shape index (κ1) is 21.5. The molecule has 0 bridgehead atoms. The fourth-order valence-electron chi connectivity index (χ4n) is 3.07. The zero-order valence-electron chi connectivity index (χ0n) is 16.2. The Morgan fingerprint density at radius 2 is 1.94 bits per heavy atom. The molecule has 6 N–H and O–H groups in total. The Bertz CT molecular complexity index is 1420. The molecular formula is C18H14Cl2FN9O2. The van der Waals surface area contributed by atoms with Crippen molar-refractivity contribution in [1.29, 1.82) is 0 Å². The standard InChI is InChI=1S/C18H14Cl2FN9O2/c1-6(25-17(31)12-14(22)28-15(23)13(20)26-12)16-27-11-8(21)3-2-7(19)10(11)18(32)30(16)9-4-5-24-29-9/h2-6H,1H3,(H,24,29)(H,25,31)(H4,22,23,28). The molecule has 3 aromatic heterocycles. The lowest BCUT2D eigenvalue weighted by Gasteiger charge is -2.19. The van der Waals surface area contributed by atoms with E-state index in [4.69, 9.17) is 34.7 Å². The predicted molar refractivity (Wildman–Crippen MR) is 116 cm³/mol. The van der Waals surface area contributed by atoms with Crippen LogP contribution < -0.4 is 22.3 Å². The number of hydrogen-bond acceptors (Lipinski definition) is 8. The van der Waals surface area contributed by atoms with Gasteiger partial charge in [0.1, 0.15) is 23.0 Å². The van der Waals surface area contributed by atoms with Gasteiger partial charge in [0.25, 0.3) is 11.5 Å². The lowest BCUT2D eigenvalue weighted by Crippen LogP contribution is -2.34. The molecule has 0 radical (unpaired) electrons. The Hall–Kier alpha value is -3.77. The van der Waals surface area contributed by atoms with Crippen LogP contribution in [0.2, 0.25) is 10.2 Å². The van der Waals surface area contributed by atoms with Gasteiger partial charge >= 0.3 is 0 Å². The zero-order chi connectivity index (χ0) is 23.2. The molecule has 0 aliphatic heterocycles. The Balaban J connectivity index is 1.85. The SMILES string of the molecule is CC(NC(=O)c1nc(Cl)c(N)nc1N)c1nc2c(F)ccc(Cl)c2c(=O)n1-c1ccn[nH]1. The van der Waals surface area contributed by atoms with Crippen LogP contribution in [-0.4, -0.2) is 35.6 Å². The van der Waals surface area contributed by atoms with Gasteiger partial charge in [0.2, 0.25) is 0 Å². The van der Waals surface area contributed by atoms with Crippen molar-refractivity contribution in [3.05, 3.63) is 62.3 Å². The summed E-state index contributed by atoms with van der Waals surface area (Å²) in [5.74, 6) is -1.66. The average molecular weight is 478 g/mol. The maximum atomic E-state index is 14.5. The third-order valence-corrected chi connectivity index (χ3v) is 5.13. The summed E-state index contributed by atoms with van der Waals surface area (Å²) in [7, 11) is 0. The number of hydrogen-bond donors (Lipinski definition) is 4. The second-order valence-electron chi connectivity index (χ2n) is 6.63. The Labute approximate surface area is 188 Å². The van der Waals surface area contributed by atoms with E-state index < -0.39 is 23.3 Å². The maximum absolute atomic E-state index is 14.5. The van der Waals surface area contributed by atoms with Crippen molar-refractivity contribution in [2.45, 2.75) is 13.0 Å². The third-order valence-electron chi connectivity index (χ3n) is 4.53. The highest BCUT2D eigenvalue weighted by molar-refractivity contribution is 6.35. The largest absolute Gasteiger partial charge is 0.382 e. The number of nitrogens with two attached hydrogens (primary N) is 2. The second-order valence-corrected chi connectivity index (χ2v) is 7.40. The number of carbonyl (C=O) groups is 1. The number of nitrogens with one attached hydrogen (secondary N) is 2. The predicted octanol–water partition coefficient (Wildman–Crippen LogP) is 2.00. The number of carbonyl (C=O) groups excluding carboxylic acids is 1. The molecule has 4 rings (SSSR count). The molecule has 0 fully saturated rings. The molecule has 1 unspecified atom stereocenters. The Morgan fingerprint density at radius 3 is 2.62 bits per heavy atom. The van der Waals surface area contributed by atoms with E-state index in [0.717, 1.165) is 10.6 Å². The number of fused-ring (bicyclic) bond motifs is 1. The average Bonchev–Trinajstić information content (AvgIpc) is 3.27. The van der Waals surface area contributed by atoms with Crippen molar-refractivity contribution in [3.8, 4) is 5.82 Å². The minimum atomic E-state index is -0.932. The molecule has 1 atom stereocenters. The summed E-state index contributed by atoms with van der Waals surface area (Å²) in [6.45, 7) is 1.53. The number of aromatic nitrogens is 6. The van der Waals surface area contributed by atoms with E-state index in [2.05, 4.69) is 30.5 Å².